The van der Waals surface area contributed by atoms with E-state index in [0.717, 1.165) is 18.7 Å². The van der Waals surface area contributed by atoms with Crippen molar-refractivity contribution in [3.05, 3.63) is 33.8 Å². The Labute approximate surface area is 123 Å². The highest BCUT2D eigenvalue weighted by atomic mass is 35.5. The van der Waals surface area contributed by atoms with Crippen LogP contribution in [0.3, 0.4) is 0 Å². The van der Waals surface area contributed by atoms with E-state index in [1.807, 2.05) is 12.1 Å². The van der Waals surface area contributed by atoms with E-state index in [0.29, 0.717) is 16.7 Å². The highest BCUT2D eigenvalue weighted by Crippen LogP contribution is 2.29. The van der Waals surface area contributed by atoms with Crippen molar-refractivity contribution in [3.8, 4) is 0 Å². The lowest BCUT2D eigenvalue weighted by Gasteiger charge is -2.23. The normalized spacial score (nSPS) is 24.2. The third-order valence-corrected chi connectivity index (χ3v) is 3.71. The Morgan fingerprint density at radius 2 is 2.11 bits per heavy atom. The molecule has 2 atom stereocenters. The molecule has 0 saturated carbocycles. The monoisotopic (exact) mass is 311 g/mol. The van der Waals surface area contributed by atoms with Crippen LogP contribution in [-0.4, -0.2) is 37.5 Å². The van der Waals surface area contributed by atoms with Crippen molar-refractivity contribution < 1.29 is 9.84 Å². The van der Waals surface area contributed by atoms with Gasteiger partial charge in [0.15, 0.2) is 0 Å². The first-order valence-electron chi connectivity index (χ1n) is 5.60. The average molecular weight is 313 g/mol. The van der Waals surface area contributed by atoms with Crippen LogP contribution in [0.2, 0.25) is 10.0 Å². The molecule has 0 amide bonds. The zero-order valence-corrected chi connectivity index (χ0v) is 12.1. The number of nitrogens with one attached hydrogen (secondary N) is 1. The molecular weight excluding hydrogens is 296 g/mol. The van der Waals surface area contributed by atoms with Crippen molar-refractivity contribution in [2.75, 3.05) is 26.3 Å². The molecule has 102 valence electrons. The third kappa shape index (κ3) is 3.73. The molecular formula is C12H16Cl3NO2. The van der Waals surface area contributed by atoms with E-state index in [1.165, 1.54) is 0 Å². The Hall–Kier alpha value is -0.0300. The molecule has 3 nitrogen and oxygen atoms in total. The number of hydrogen-bond acceptors (Lipinski definition) is 3. The van der Waals surface area contributed by atoms with Crippen LogP contribution in [0.25, 0.3) is 0 Å². The maximum atomic E-state index is 9.36. The Morgan fingerprint density at radius 1 is 1.33 bits per heavy atom. The Bertz CT molecular complexity index is 390. The highest BCUT2D eigenvalue weighted by Gasteiger charge is 2.25. The predicted molar refractivity (Wildman–Crippen MR) is 76.1 cm³/mol. The van der Waals surface area contributed by atoms with Gasteiger partial charge in [-0.3, -0.25) is 0 Å². The second-order valence-corrected chi connectivity index (χ2v) is 4.89. The predicted octanol–water partition coefficient (Wildman–Crippen LogP) is 2.48. The van der Waals surface area contributed by atoms with Crippen molar-refractivity contribution in [1.29, 1.82) is 0 Å². The first kappa shape index (κ1) is 16.0. The number of hydrogen-bond donors (Lipinski definition) is 2. The van der Waals surface area contributed by atoms with Crippen LogP contribution < -0.4 is 5.32 Å². The lowest BCUT2D eigenvalue weighted by molar-refractivity contribution is 0.0108. The van der Waals surface area contributed by atoms with Crippen LogP contribution in [0, 0.1) is 0 Å². The van der Waals surface area contributed by atoms with Crippen LogP contribution in [0.1, 0.15) is 11.5 Å². The van der Waals surface area contributed by atoms with E-state index < -0.39 is 0 Å². The summed E-state index contributed by atoms with van der Waals surface area (Å²) >= 11 is 11.9. The van der Waals surface area contributed by atoms with Crippen LogP contribution in [0.15, 0.2) is 18.2 Å². The van der Waals surface area contributed by atoms with Gasteiger partial charge in [-0.25, -0.2) is 0 Å². The van der Waals surface area contributed by atoms with E-state index in [2.05, 4.69) is 5.32 Å². The maximum absolute atomic E-state index is 9.36. The van der Waals surface area contributed by atoms with E-state index in [1.54, 1.807) is 6.07 Å². The molecule has 2 N–H and O–H groups in total. The number of ether oxygens (including phenoxy) is 1. The molecule has 1 saturated heterocycles. The molecule has 6 heteroatoms. The molecule has 0 aliphatic carbocycles. The van der Waals surface area contributed by atoms with Gasteiger partial charge in [-0.1, -0.05) is 29.3 Å². The Morgan fingerprint density at radius 3 is 2.78 bits per heavy atom. The minimum atomic E-state index is -0.192. The number of halogens is 3. The van der Waals surface area contributed by atoms with Gasteiger partial charge in [0.25, 0.3) is 0 Å². The molecule has 0 unspecified atom stereocenters. The van der Waals surface area contributed by atoms with Gasteiger partial charge in [-0.2, -0.15) is 0 Å². The molecule has 0 spiro atoms. The van der Waals surface area contributed by atoms with Gasteiger partial charge >= 0.3 is 0 Å². The van der Waals surface area contributed by atoms with Gasteiger partial charge in [-0.05, 0) is 17.7 Å². The lowest BCUT2D eigenvalue weighted by Crippen LogP contribution is -2.29. The molecule has 1 aromatic carbocycles. The van der Waals surface area contributed by atoms with Crippen molar-refractivity contribution in [3.63, 3.8) is 0 Å². The molecule has 0 aromatic heterocycles. The van der Waals surface area contributed by atoms with Gasteiger partial charge in [-0.15, -0.1) is 12.4 Å². The van der Waals surface area contributed by atoms with Gasteiger partial charge in [0, 0.05) is 19.0 Å². The van der Waals surface area contributed by atoms with E-state index in [9.17, 15) is 5.11 Å². The lowest BCUT2D eigenvalue weighted by atomic mass is 9.93. The molecule has 0 bridgehead atoms. The fraction of sp³-hybridized carbons (Fsp3) is 0.500. The summed E-state index contributed by atoms with van der Waals surface area (Å²) in [5, 5.41) is 13.7. The van der Waals surface area contributed by atoms with Crippen LogP contribution in [0.5, 0.6) is 0 Å². The molecule has 0 radical (unpaired) electrons. The summed E-state index contributed by atoms with van der Waals surface area (Å²) in [6.07, 6.45) is -0.192. The minimum Gasteiger partial charge on any atom is -0.394 e. The summed E-state index contributed by atoms with van der Waals surface area (Å²) in [6, 6.07) is 5.55. The SMILES string of the molecule is Cl.OC[C@H]1OCCNC[C@H]1c1ccc(Cl)c(Cl)c1. The zero-order chi connectivity index (χ0) is 12.3. The van der Waals surface area contributed by atoms with Crippen LogP contribution in [0.4, 0.5) is 0 Å². The van der Waals surface area contributed by atoms with Gasteiger partial charge in [0.1, 0.15) is 0 Å². The van der Waals surface area contributed by atoms with Gasteiger partial charge in [0.2, 0.25) is 0 Å². The summed E-state index contributed by atoms with van der Waals surface area (Å²) in [6.45, 7) is 2.19. The molecule has 1 aliphatic heterocycles. The topological polar surface area (TPSA) is 41.5 Å². The smallest absolute Gasteiger partial charge is 0.0886 e. The largest absolute Gasteiger partial charge is 0.394 e. The summed E-state index contributed by atoms with van der Waals surface area (Å²) in [4.78, 5) is 0. The summed E-state index contributed by atoms with van der Waals surface area (Å²) in [5.74, 6) is 0.0947. The fourth-order valence-electron chi connectivity index (χ4n) is 2.04. The second kappa shape index (κ2) is 7.53. The second-order valence-electron chi connectivity index (χ2n) is 4.08. The minimum absolute atomic E-state index is 0. The van der Waals surface area contributed by atoms with Gasteiger partial charge < -0.3 is 15.2 Å². The molecule has 1 aliphatic rings. The van der Waals surface area contributed by atoms with E-state index in [4.69, 9.17) is 27.9 Å². The number of benzene rings is 1. The first-order valence-corrected chi connectivity index (χ1v) is 6.36. The van der Waals surface area contributed by atoms with Gasteiger partial charge in [0.05, 0.1) is 29.4 Å². The molecule has 1 heterocycles. The van der Waals surface area contributed by atoms with Crippen molar-refractivity contribution in [1.82, 2.24) is 5.32 Å². The molecule has 18 heavy (non-hydrogen) atoms. The highest BCUT2D eigenvalue weighted by molar-refractivity contribution is 6.42. The third-order valence-electron chi connectivity index (χ3n) is 2.98. The fourth-order valence-corrected chi connectivity index (χ4v) is 2.35. The zero-order valence-electron chi connectivity index (χ0n) is 9.73. The number of rotatable bonds is 2. The summed E-state index contributed by atoms with van der Waals surface area (Å²) in [5.41, 5.74) is 1.04. The van der Waals surface area contributed by atoms with E-state index >= 15 is 0 Å². The first-order chi connectivity index (χ1) is 8.22. The van der Waals surface area contributed by atoms with E-state index in [-0.39, 0.29) is 31.0 Å². The summed E-state index contributed by atoms with van der Waals surface area (Å²) in [7, 11) is 0. The standard InChI is InChI=1S/C12H15Cl2NO2.ClH/c13-10-2-1-8(5-11(10)14)9-6-15-3-4-17-12(9)7-16;/h1-2,5,9,12,15-16H,3-4,6-7H2;1H/t9-,12+;/m0./s1. The van der Waals surface area contributed by atoms with Crippen molar-refractivity contribution in [2.24, 2.45) is 0 Å². The number of aliphatic hydroxyl groups is 1. The van der Waals surface area contributed by atoms with Crippen molar-refractivity contribution in [2.45, 2.75) is 12.0 Å². The molecule has 2 rings (SSSR count). The summed E-state index contributed by atoms with van der Waals surface area (Å²) < 4.78 is 5.60. The Kier molecular flexibility index (Phi) is 6.71. The van der Waals surface area contributed by atoms with Crippen LogP contribution in [-0.2, 0) is 4.74 Å². The average Bonchev–Trinajstić information content (AvgIpc) is 2.57. The van der Waals surface area contributed by atoms with Crippen LogP contribution >= 0.6 is 35.6 Å². The molecule has 1 fully saturated rings. The van der Waals surface area contributed by atoms with Crippen molar-refractivity contribution >= 4 is 35.6 Å². The molecule has 1 aromatic rings. The maximum Gasteiger partial charge on any atom is 0.0886 e. The number of aliphatic hydroxyl groups excluding tert-OH is 1. The Balaban J connectivity index is 0.00000162. The quantitative estimate of drug-likeness (QED) is 0.881.